The number of allylic oxidation sites excluding steroid dienone is 1. The Kier molecular flexibility index (Phi) is 6.16. The second-order valence-electron chi connectivity index (χ2n) is 10.0. The highest BCUT2D eigenvalue weighted by atomic mass is 16.7. The molecule has 0 amide bonds. The Morgan fingerprint density at radius 1 is 1.15 bits per heavy atom. The first-order chi connectivity index (χ1) is 16.0. The molecule has 174 valence electrons. The molecule has 0 N–H and O–H groups in total. The molecule has 1 aromatic carbocycles. The number of hydrogen-bond donors (Lipinski definition) is 0. The van der Waals surface area contributed by atoms with Gasteiger partial charge in [0.05, 0.1) is 18.8 Å². The van der Waals surface area contributed by atoms with Gasteiger partial charge in [-0.2, -0.15) is 0 Å². The molecule has 0 unspecified atom stereocenters. The van der Waals surface area contributed by atoms with Gasteiger partial charge in [0.25, 0.3) is 0 Å². The van der Waals surface area contributed by atoms with E-state index < -0.39 is 5.79 Å². The van der Waals surface area contributed by atoms with Gasteiger partial charge >= 0.3 is 5.97 Å². The van der Waals surface area contributed by atoms with Crippen molar-refractivity contribution in [1.82, 2.24) is 0 Å². The number of fused-ring (bicyclic) bond motifs is 1. The van der Waals surface area contributed by atoms with Crippen molar-refractivity contribution in [3.63, 3.8) is 0 Å². The number of ketones is 1. The van der Waals surface area contributed by atoms with Crippen LogP contribution in [0, 0.1) is 35.0 Å². The normalized spacial score (nSPS) is 31.1. The fourth-order valence-corrected chi connectivity index (χ4v) is 6.25. The smallest absolute Gasteiger partial charge is 0.338 e. The fraction of sp³-hybridized carbons (Fsp3) is 0.571. The molecule has 3 aliphatic carbocycles. The lowest BCUT2D eigenvalue weighted by Crippen LogP contribution is -2.37. The van der Waals surface area contributed by atoms with Gasteiger partial charge in [-0.25, -0.2) is 4.79 Å². The summed E-state index contributed by atoms with van der Waals surface area (Å²) in [6, 6.07) is 9.11. The highest BCUT2D eigenvalue weighted by Crippen LogP contribution is 2.55. The number of rotatable bonds is 6. The molecule has 5 heteroatoms. The van der Waals surface area contributed by atoms with Crippen LogP contribution in [0.1, 0.15) is 62.2 Å². The van der Waals surface area contributed by atoms with E-state index in [0.29, 0.717) is 31.1 Å². The van der Waals surface area contributed by atoms with Gasteiger partial charge in [0.15, 0.2) is 11.6 Å². The second-order valence-corrected chi connectivity index (χ2v) is 10.0. The van der Waals surface area contributed by atoms with E-state index in [9.17, 15) is 9.59 Å². The van der Waals surface area contributed by atoms with Gasteiger partial charge in [-0.3, -0.25) is 4.79 Å². The van der Waals surface area contributed by atoms with Crippen LogP contribution in [0.3, 0.4) is 0 Å². The molecule has 5 rings (SSSR count). The third-order valence-electron chi connectivity index (χ3n) is 8.17. The zero-order valence-electron chi connectivity index (χ0n) is 19.3. The largest absolute Gasteiger partial charge is 0.458 e. The lowest BCUT2D eigenvalue weighted by atomic mass is 9.64. The minimum absolute atomic E-state index is 0.0202. The minimum atomic E-state index is -0.494. The topological polar surface area (TPSA) is 61.8 Å². The zero-order valence-corrected chi connectivity index (χ0v) is 19.3. The maximum absolute atomic E-state index is 13.2. The summed E-state index contributed by atoms with van der Waals surface area (Å²) >= 11 is 0. The molecule has 4 aliphatic rings. The van der Waals surface area contributed by atoms with Crippen LogP contribution >= 0.6 is 0 Å². The standard InChI is InChI=1S/C28H32O5/c1-2-3-12-27(13-7-14-27)25(29)11-10-22-23-19-28(31-15-16-32-28)18-21(23)17-24(22)33-26(30)20-8-5-4-6-9-20/h4-6,8-11,21-24H,7,12-19H2,1H3/t21-,22-,23+,24-/m1/s1. The first-order valence-electron chi connectivity index (χ1n) is 12.2. The van der Waals surface area contributed by atoms with Crippen molar-refractivity contribution in [3.8, 4) is 11.8 Å². The number of esters is 1. The molecular formula is C28H32O5. The highest BCUT2D eigenvalue weighted by Gasteiger charge is 2.57. The second kappa shape index (κ2) is 9.08. The molecule has 1 aliphatic heterocycles. The summed E-state index contributed by atoms with van der Waals surface area (Å²) in [5.41, 5.74) is 0.223. The van der Waals surface area contributed by atoms with Crippen LogP contribution in [0.15, 0.2) is 42.5 Å². The van der Waals surface area contributed by atoms with Crippen LogP contribution < -0.4 is 0 Å². The number of benzene rings is 1. The van der Waals surface area contributed by atoms with Gasteiger partial charge in [0.2, 0.25) is 0 Å². The van der Waals surface area contributed by atoms with Crippen molar-refractivity contribution >= 4 is 11.8 Å². The Balaban J connectivity index is 1.35. The molecule has 1 heterocycles. The van der Waals surface area contributed by atoms with Crippen molar-refractivity contribution in [2.45, 2.75) is 63.8 Å². The molecule has 4 atom stereocenters. The third-order valence-corrected chi connectivity index (χ3v) is 8.17. The SMILES string of the molecule is CC#CCC1(C(=O)C=C[C@@H]2[C@H]3CC4(C[C@H]3C[C@H]2OC(=O)c2ccccc2)OCCO4)CCC1. The average molecular weight is 449 g/mol. The Labute approximate surface area is 195 Å². The van der Waals surface area contributed by atoms with Crippen molar-refractivity contribution in [2.24, 2.45) is 23.2 Å². The molecule has 0 aromatic heterocycles. The first kappa shape index (κ1) is 22.4. The first-order valence-corrected chi connectivity index (χ1v) is 12.2. The summed E-state index contributed by atoms with van der Waals surface area (Å²) in [6.45, 7) is 3.08. The molecule has 1 spiro atoms. The van der Waals surface area contributed by atoms with E-state index in [2.05, 4.69) is 11.8 Å². The molecule has 0 bridgehead atoms. The van der Waals surface area contributed by atoms with Crippen LogP contribution in [0.25, 0.3) is 0 Å². The molecule has 4 fully saturated rings. The van der Waals surface area contributed by atoms with E-state index >= 15 is 0 Å². The summed E-state index contributed by atoms with van der Waals surface area (Å²) in [7, 11) is 0. The Bertz CT molecular complexity index is 975. The molecular weight excluding hydrogens is 416 g/mol. The summed E-state index contributed by atoms with van der Waals surface area (Å²) in [5, 5.41) is 0. The quantitative estimate of drug-likeness (QED) is 0.358. The predicted octanol–water partition coefficient (Wildman–Crippen LogP) is 4.71. The third kappa shape index (κ3) is 4.27. The van der Waals surface area contributed by atoms with Gasteiger partial charge in [-0.1, -0.05) is 30.7 Å². The number of carbonyl (C=O) groups excluding carboxylic acids is 2. The Hall–Kier alpha value is -2.42. The lowest BCUT2D eigenvalue weighted by Gasteiger charge is -2.38. The molecule has 1 saturated heterocycles. The van der Waals surface area contributed by atoms with E-state index in [1.165, 1.54) is 0 Å². The molecule has 1 aromatic rings. The van der Waals surface area contributed by atoms with E-state index in [4.69, 9.17) is 14.2 Å². The van der Waals surface area contributed by atoms with Crippen molar-refractivity contribution < 1.29 is 23.8 Å². The maximum Gasteiger partial charge on any atom is 0.338 e. The summed E-state index contributed by atoms with van der Waals surface area (Å²) < 4.78 is 18.0. The lowest BCUT2D eigenvalue weighted by molar-refractivity contribution is -0.157. The van der Waals surface area contributed by atoms with E-state index in [0.717, 1.165) is 38.5 Å². The van der Waals surface area contributed by atoms with Crippen LogP contribution in [0.4, 0.5) is 0 Å². The van der Waals surface area contributed by atoms with Crippen LogP contribution in [-0.4, -0.2) is 36.9 Å². The van der Waals surface area contributed by atoms with Crippen LogP contribution in [-0.2, 0) is 19.0 Å². The van der Waals surface area contributed by atoms with Gasteiger partial charge in [0, 0.05) is 30.6 Å². The summed E-state index contributed by atoms with van der Waals surface area (Å²) in [5.74, 6) is 6.02. The number of ether oxygens (including phenoxy) is 3. The van der Waals surface area contributed by atoms with Gasteiger partial charge in [-0.05, 0) is 56.2 Å². The fourth-order valence-electron chi connectivity index (χ4n) is 6.25. The van der Waals surface area contributed by atoms with E-state index in [-0.39, 0.29) is 35.1 Å². The molecule has 0 radical (unpaired) electrons. The van der Waals surface area contributed by atoms with Crippen LogP contribution in [0.5, 0.6) is 0 Å². The van der Waals surface area contributed by atoms with E-state index in [1.54, 1.807) is 18.2 Å². The minimum Gasteiger partial charge on any atom is -0.458 e. The van der Waals surface area contributed by atoms with Gasteiger partial charge in [-0.15, -0.1) is 11.8 Å². The number of carbonyl (C=O) groups is 2. The van der Waals surface area contributed by atoms with Crippen molar-refractivity contribution in [3.05, 3.63) is 48.0 Å². The molecule has 5 nitrogen and oxygen atoms in total. The van der Waals surface area contributed by atoms with Crippen molar-refractivity contribution in [2.75, 3.05) is 13.2 Å². The monoisotopic (exact) mass is 448 g/mol. The summed E-state index contributed by atoms with van der Waals surface area (Å²) in [6.07, 6.45) is 9.41. The zero-order chi connectivity index (χ0) is 22.9. The highest BCUT2D eigenvalue weighted by molar-refractivity contribution is 5.95. The van der Waals surface area contributed by atoms with E-state index in [1.807, 2.05) is 31.2 Å². The maximum atomic E-state index is 13.2. The molecule has 33 heavy (non-hydrogen) atoms. The molecule has 3 saturated carbocycles. The Morgan fingerprint density at radius 3 is 2.58 bits per heavy atom. The van der Waals surface area contributed by atoms with Crippen molar-refractivity contribution in [1.29, 1.82) is 0 Å². The van der Waals surface area contributed by atoms with Crippen LogP contribution in [0.2, 0.25) is 0 Å². The number of hydrogen-bond acceptors (Lipinski definition) is 5. The average Bonchev–Trinajstić information content (AvgIpc) is 3.47. The van der Waals surface area contributed by atoms with Gasteiger partial charge < -0.3 is 14.2 Å². The predicted molar refractivity (Wildman–Crippen MR) is 123 cm³/mol. The Morgan fingerprint density at radius 2 is 1.91 bits per heavy atom. The summed E-state index contributed by atoms with van der Waals surface area (Å²) in [4.78, 5) is 26.0. The van der Waals surface area contributed by atoms with Gasteiger partial charge in [0.1, 0.15) is 6.10 Å².